The van der Waals surface area contributed by atoms with Gasteiger partial charge >= 0.3 is 0 Å². The maximum Gasteiger partial charge on any atom is 0.260 e. The Balaban J connectivity index is 2.07. The first-order valence-corrected chi connectivity index (χ1v) is 8.95. The first kappa shape index (κ1) is 15.9. The second-order valence-electron chi connectivity index (χ2n) is 5.86. The van der Waals surface area contributed by atoms with E-state index in [1.165, 1.54) is 11.3 Å². The largest absolute Gasteiger partial charge is 0.506 e. The van der Waals surface area contributed by atoms with Crippen molar-refractivity contribution in [2.75, 3.05) is 0 Å². The first-order valence-electron chi connectivity index (χ1n) is 7.76. The third-order valence-electron chi connectivity index (χ3n) is 4.20. The zero-order chi connectivity index (χ0) is 17.6. The zero-order valence-corrected chi connectivity index (χ0v) is 14.9. The third-order valence-corrected chi connectivity index (χ3v) is 5.51. The quantitative estimate of drug-likeness (QED) is 0.485. The van der Waals surface area contributed by atoms with E-state index in [0.717, 1.165) is 16.7 Å². The number of pyridine rings is 1. The molecule has 0 aliphatic carbocycles. The highest BCUT2D eigenvalue weighted by atomic mass is 35.5. The number of rotatable bonds is 2. The molecule has 124 valence electrons. The smallest absolute Gasteiger partial charge is 0.260 e. The maximum atomic E-state index is 12.5. The Morgan fingerprint density at radius 3 is 2.28 bits per heavy atom. The fourth-order valence-electron chi connectivity index (χ4n) is 2.97. The van der Waals surface area contributed by atoms with Gasteiger partial charge in [-0.15, -0.1) is 11.3 Å². The number of thiophene rings is 1. The van der Waals surface area contributed by atoms with Crippen molar-refractivity contribution in [3.05, 3.63) is 74.9 Å². The van der Waals surface area contributed by atoms with Crippen LogP contribution in [0.1, 0.15) is 5.56 Å². The molecule has 0 saturated heterocycles. The van der Waals surface area contributed by atoms with Crippen LogP contribution in [0.25, 0.3) is 32.5 Å². The van der Waals surface area contributed by atoms with Gasteiger partial charge in [0.1, 0.15) is 14.9 Å². The van der Waals surface area contributed by atoms with E-state index in [2.05, 4.69) is 4.98 Å². The summed E-state index contributed by atoms with van der Waals surface area (Å²) in [5.74, 6) is -0.0383. The number of halogens is 1. The van der Waals surface area contributed by atoms with Crippen LogP contribution in [0.15, 0.2) is 59.4 Å². The van der Waals surface area contributed by atoms with Crippen LogP contribution in [0, 0.1) is 6.92 Å². The lowest BCUT2D eigenvalue weighted by Gasteiger charge is -2.08. The molecule has 2 heterocycles. The molecule has 2 N–H and O–H groups in total. The Bertz CT molecular complexity index is 1130. The number of hydrogen-bond acceptors (Lipinski definition) is 3. The minimum absolute atomic E-state index is 0.0383. The number of H-pyrrole nitrogens is 1. The molecule has 0 atom stereocenters. The highest BCUT2D eigenvalue weighted by Gasteiger charge is 2.21. The summed E-state index contributed by atoms with van der Waals surface area (Å²) in [4.78, 5) is 15.9. The summed E-state index contributed by atoms with van der Waals surface area (Å²) in [6.45, 7) is 2.01. The fraction of sp³-hybridized carbons (Fsp3) is 0.0500. The fourth-order valence-corrected chi connectivity index (χ4v) is 4.35. The molecule has 4 aromatic rings. The molecule has 2 aromatic carbocycles. The molecular weight excluding hydrogens is 354 g/mol. The van der Waals surface area contributed by atoms with Gasteiger partial charge in [0.15, 0.2) is 0 Å². The minimum atomic E-state index is -0.329. The van der Waals surface area contributed by atoms with Crippen LogP contribution in [0.4, 0.5) is 0 Å². The van der Waals surface area contributed by atoms with Crippen LogP contribution in [-0.2, 0) is 0 Å². The Hall–Kier alpha value is -2.56. The summed E-state index contributed by atoms with van der Waals surface area (Å²) < 4.78 is 0.537. The van der Waals surface area contributed by atoms with Crippen molar-refractivity contribution in [2.24, 2.45) is 0 Å². The highest BCUT2D eigenvalue weighted by molar-refractivity contribution is 7.23. The molecule has 4 rings (SSSR count). The summed E-state index contributed by atoms with van der Waals surface area (Å²) >= 11 is 7.71. The molecule has 0 unspecified atom stereocenters. The second kappa shape index (κ2) is 6.06. The van der Waals surface area contributed by atoms with E-state index < -0.39 is 0 Å². The summed E-state index contributed by atoms with van der Waals surface area (Å²) in [5.41, 5.74) is 3.39. The van der Waals surface area contributed by atoms with Gasteiger partial charge in [-0.1, -0.05) is 71.8 Å². The Labute approximate surface area is 153 Å². The molecule has 0 amide bonds. The summed E-state index contributed by atoms with van der Waals surface area (Å²) in [7, 11) is 0. The monoisotopic (exact) mass is 367 g/mol. The van der Waals surface area contributed by atoms with E-state index in [-0.39, 0.29) is 16.9 Å². The average Bonchev–Trinajstić information content (AvgIpc) is 2.93. The first-order chi connectivity index (χ1) is 12.1. The van der Waals surface area contributed by atoms with Crippen LogP contribution >= 0.6 is 22.9 Å². The molecule has 5 heteroatoms. The number of hydrogen-bond donors (Lipinski definition) is 2. The van der Waals surface area contributed by atoms with E-state index in [4.69, 9.17) is 11.6 Å². The lowest BCUT2D eigenvalue weighted by atomic mass is 10.00. The molecule has 0 aliphatic rings. The second-order valence-corrected chi connectivity index (χ2v) is 7.49. The average molecular weight is 368 g/mol. The normalized spacial score (nSPS) is 11.1. The van der Waals surface area contributed by atoms with Crippen molar-refractivity contribution in [1.82, 2.24) is 4.98 Å². The van der Waals surface area contributed by atoms with E-state index in [9.17, 15) is 9.90 Å². The standard InChI is InChI=1S/C20H14ClNO2S/c1-11-7-9-13(10-8-11)14-16-17(23)15(12-5-3-2-4-6-12)19(24)22-20(16)25-18(14)21/h2-10H,1H3,(H2,22,23,24). The molecule has 0 aliphatic heterocycles. The lowest BCUT2D eigenvalue weighted by Crippen LogP contribution is -2.08. The predicted molar refractivity (Wildman–Crippen MR) is 105 cm³/mol. The van der Waals surface area contributed by atoms with Gasteiger partial charge in [0.05, 0.1) is 10.9 Å². The lowest BCUT2D eigenvalue weighted by molar-refractivity contribution is 0.483. The molecule has 0 bridgehead atoms. The topological polar surface area (TPSA) is 53.1 Å². The minimum Gasteiger partial charge on any atom is -0.506 e. The van der Waals surface area contributed by atoms with Gasteiger partial charge in [-0.2, -0.15) is 0 Å². The van der Waals surface area contributed by atoms with Crippen molar-refractivity contribution in [3.63, 3.8) is 0 Å². The molecule has 3 nitrogen and oxygen atoms in total. The van der Waals surface area contributed by atoms with Crippen molar-refractivity contribution in [3.8, 4) is 28.0 Å². The van der Waals surface area contributed by atoms with Gasteiger partial charge < -0.3 is 10.1 Å². The number of aryl methyl sites for hydroxylation is 1. The van der Waals surface area contributed by atoms with Gasteiger partial charge in [-0.3, -0.25) is 4.79 Å². The highest BCUT2D eigenvalue weighted by Crippen LogP contribution is 2.46. The number of aromatic amines is 1. The van der Waals surface area contributed by atoms with Crippen LogP contribution in [-0.4, -0.2) is 10.1 Å². The molecule has 0 fully saturated rings. The Kier molecular flexibility index (Phi) is 3.86. The van der Waals surface area contributed by atoms with Gasteiger partial charge in [0, 0.05) is 5.56 Å². The van der Waals surface area contributed by atoms with E-state index >= 15 is 0 Å². The number of aromatic hydroxyl groups is 1. The number of nitrogens with one attached hydrogen (secondary N) is 1. The van der Waals surface area contributed by atoms with Crippen LogP contribution in [0.5, 0.6) is 5.75 Å². The van der Waals surface area contributed by atoms with Crippen molar-refractivity contribution < 1.29 is 5.11 Å². The van der Waals surface area contributed by atoms with Crippen LogP contribution in [0.3, 0.4) is 0 Å². The molecule has 25 heavy (non-hydrogen) atoms. The van der Waals surface area contributed by atoms with Gasteiger partial charge in [-0.05, 0) is 18.1 Å². The van der Waals surface area contributed by atoms with Gasteiger partial charge in [-0.25, -0.2) is 0 Å². The number of benzene rings is 2. The van der Waals surface area contributed by atoms with Crippen molar-refractivity contribution in [2.45, 2.75) is 6.92 Å². The Morgan fingerprint density at radius 2 is 1.60 bits per heavy atom. The van der Waals surface area contributed by atoms with E-state index in [0.29, 0.717) is 20.1 Å². The summed E-state index contributed by atoms with van der Waals surface area (Å²) in [5, 5.41) is 11.5. The Morgan fingerprint density at radius 1 is 0.960 bits per heavy atom. The van der Waals surface area contributed by atoms with Crippen LogP contribution < -0.4 is 5.56 Å². The predicted octanol–water partition coefficient (Wildman–Crippen LogP) is 5.59. The van der Waals surface area contributed by atoms with Gasteiger partial charge in [0.25, 0.3) is 5.56 Å². The molecular formula is C20H14ClNO2S. The number of fused-ring (bicyclic) bond motifs is 1. The maximum absolute atomic E-state index is 12.5. The van der Waals surface area contributed by atoms with Crippen molar-refractivity contribution in [1.29, 1.82) is 0 Å². The SMILES string of the molecule is Cc1ccc(-c2c(Cl)sc3[nH]c(=O)c(-c4ccccc4)c(O)c23)cc1. The molecule has 0 spiro atoms. The summed E-state index contributed by atoms with van der Waals surface area (Å²) in [6.07, 6.45) is 0. The van der Waals surface area contributed by atoms with Gasteiger partial charge in [0.2, 0.25) is 0 Å². The van der Waals surface area contributed by atoms with E-state index in [1.807, 2.05) is 49.4 Å². The van der Waals surface area contributed by atoms with E-state index in [1.54, 1.807) is 12.1 Å². The zero-order valence-electron chi connectivity index (χ0n) is 13.3. The van der Waals surface area contributed by atoms with Crippen molar-refractivity contribution >= 4 is 33.2 Å². The molecule has 0 saturated carbocycles. The van der Waals surface area contributed by atoms with Crippen LogP contribution in [0.2, 0.25) is 4.34 Å². The molecule has 0 radical (unpaired) electrons. The summed E-state index contributed by atoms with van der Waals surface area (Å²) in [6, 6.07) is 17.1. The molecule has 2 aromatic heterocycles. The third kappa shape index (κ3) is 2.64. The number of aromatic nitrogens is 1.